The summed E-state index contributed by atoms with van der Waals surface area (Å²) in [5, 5.41) is 13.4. The number of alkyl halides is 3. The summed E-state index contributed by atoms with van der Waals surface area (Å²) in [6, 6.07) is 2.70. The number of aromatic nitrogens is 6. The minimum atomic E-state index is -4.60. The minimum absolute atomic E-state index is 0.0118. The zero-order chi connectivity index (χ0) is 34.0. The van der Waals surface area contributed by atoms with Gasteiger partial charge in [-0.2, -0.15) is 27.8 Å². The van der Waals surface area contributed by atoms with Crippen molar-refractivity contribution in [2.75, 3.05) is 37.4 Å². The first-order valence-corrected chi connectivity index (χ1v) is 15.8. The van der Waals surface area contributed by atoms with Crippen LogP contribution < -0.4 is 16.6 Å². The van der Waals surface area contributed by atoms with E-state index in [1.807, 2.05) is 13.0 Å². The van der Waals surface area contributed by atoms with Crippen LogP contribution in [0, 0.1) is 0 Å². The molecule has 1 aliphatic carbocycles. The fourth-order valence-corrected chi connectivity index (χ4v) is 7.47. The normalized spacial score (nSPS) is 19.1. The molecule has 252 valence electrons. The van der Waals surface area contributed by atoms with Gasteiger partial charge in [-0.3, -0.25) is 19.5 Å². The lowest BCUT2D eigenvalue weighted by Crippen LogP contribution is -2.46. The van der Waals surface area contributed by atoms with Crippen molar-refractivity contribution < 1.29 is 27.5 Å². The van der Waals surface area contributed by atoms with Crippen LogP contribution in [0.4, 0.5) is 24.7 Å². The van der Waals surface area contributed by atoms with E-state index in [0.717, 1.165) is 23.8 Å². The Morgan fingerprint density at radius 2 is 2.02 bits per heavy atom. The highest BCUT2D eigenvalue weighted by Gasteiger charge is 2.49. The molecular formula is C31H31ClF3N9O4. The van der Waals surface area contributed by atoms with Crippen molar-refractivity contribution in [2.24, 2.45) is 0 Å². The van der Waals surface area contributed by atoms with Crippen molar-refractivity contribution in [3.8, 4) is 0 Å². The first kappa shape index (κ1) is 31.9. The lowest BCUT2D eigenvalue weighted by molar-refractivity contribution is -0.137. The number of nitrogens with two attached hydrogens (primary N) is 1. The molecule has 0 radical (unpaired) electrons. The van der Waals surface area contributed by atoms with Crippen LogP contribution >= 0.6 is 11.6 Å². The number of ether oxygens (including phenoxy) is 1. The van der Waals surface area contributed by atoms with Gasteiger partial charge in [0, 0.05) is 29.8 Å². The minimum Gasteiger partial charge on any atom is -0.383 e. The molecule has 3 aliphatic rings. The summed E-state index contributed by atoms with van der Waals surface area (Å²) >= 11 is 6.13. The molecule has 4 N–H and O–H groups in total. The number of anilines is 2. The van der Waals surface area contributed by atoms with Crippen LogP contribution in [0.2, 0.25) is 5.02 Å². The number of carbonyl (C=O) groups excluding carboxylic acids is 2. The third-order valence-electron chi connectivity index (χ3n) is 9.51. The van der Waals surface area contributed by atoms with E-state index >= 15 is 0 Å². The number of carbonyl (C=O) groups is 2. The van der Waals surface area contributed by atoms with E-state index in [2.05, 4.69) is 20.6 Å². The van der Waals surface area contributed by atoms with E-state index in [9.17, 15) is 27.6 Å². The molecule has 1 fully saturated rings. The van der Waals surface area contributed by atoms with Gasteiger partial charge in [0.15, 0.2) is 5.82 Å². The number of nitrogens with zero attached hydrogens (tertiary/aromatic N) is 6. The molecule has 3 aromatic heterocycles. The van der Waals surface area contributed by atoms with Gasteiger partial charge < -0.3 is 25.3 Å². The average Bonchev–Trinajstić information content (AvgIpc) is 3.76. The Labute approximate surface area is 275 Å². The second-order valence-electron chi connectivity index (χ2n) is 12.5. The van der Waals surface area contributed by atoms with E-state index in [1.54, 1.807) is 9.47 Å². The Hall–Kier alpha value is -4.70. The lowest BCUT2D eigenvalue weighted by Gasteiger charge is -2.39. The Balaban J connectivity index is 1.27. The Kier molecular flexibility index (Phi) is 7.82. The van der Waals surface area contributed by atoms with Gasteiger partial charge in [0.1, 0.15) is 17.9 Å². The SMILES string of the molecule is CC1CC2(CCN(C(=O)c3cn[nH]c3N)CC2)c2c1n(CC(=O)Nc1ccc(C(F)(F)F)cc1Cl)c1nc(C3=CCOCC3)nn1c2=O. The largest absolute Gasteiger partial charge is 0.416 e. The van der Waals surface area contributed by atoms with E-state index < -0.39 is 23.1 Å². The highest BCUT2D eigenvalue weighted by atomic mass is 35.5. The zero-order valence-corrected chi connectivity index (χ0v) is 26.5. The van der Waals surface area contributed by atoms with Crippen LogP contribution in [-0.4, -0.2) is 72.4 Å². The fourth-order valence-electron chi connectivity index (χ4n) is 7.25. The standard InChI is InChI=1S/C31H31ClF3N9O4/c1-16-13-30(6-8-42(9-7-30)27(46)19-14-37-40-25(19)36)23-24(16)43(15-22(45)38-21-3-2-18(12-20(21)32)31(33,34)35)29-39-26(41-44(29)28(23)47)17-4-10-48-11-5-17/h2-4,12,14,16H,5-11,13,15H2,1H3,(H,38,45)(H3,36,37,40). The summed E-state index contributed by atoms with van der Waals surface area (Å²) < 4.78 is 47.9. The van der Waals surface area contributed by atoms with Gasteiger partial charge in [-0.15, -0.1) is 5.10 Å². The van der Waals surface area contributed by atoms with Gasteiger partial charge in [0.2, 0.25) is 11.7 Å². The summed E-state index contributed by atoms with van der Waals surface area (Å²) in [7, 11) is 0. The van der Waals surface area contributed by atoms with Crippen LogP contribution in [0.15, 0.2) is 35.3 Å². The van der Waals surface area contributed by atoms with E-state index in [1.165, 1.54) is 10.7 Å². The van der Waals surface area contributed by atoms with Crippen LogP contribution in [0.25, 0.3) is 11.4 Å². The third kappa shape index (κ3) is 5.41. The number of likely N-dealkylation sites (tertiary alicyclic amines) is 1. The number of piperidine rings is 1. The molecule has 0 saturated carbocycles. The van der Waals surface area contributed by atoms with Gasteiger partial charge in [0.25, 0.3) is 11.5 Å². The lowest BCUT2D eigenvalue weighted by atomic mass is 9.73. The summed E-state index contributed by atoms with van der Waals surface area (Å²) in [5.41, 5.74) is 6.28. The molecule has 13 nitrogen and oxygen atoms in total. The molecule has 48 heavy (non-hydrogen) atoms. The summed E-state index contributed by atoms with van der Waals surface area (Å²) in [6.45, 7) is 3.26. The fraction of sp³-hybridized carbons (Fsp3) is 0.419. The molecule has 17 heteroatoms. The van der Waals surface area contributed by atoms with Crippen molar-refractivity contribution in [1.82, 2.24) is 34.3 Å². The highest BCUT2D eigenvalue weighted by Crippen LogP contribution is 2.50. The van der Waals surface area contributed by atoms with Crippen molar-refractivity contribution in [2.45, 2.75) is 56.7 Å². The molecule has 5 heterocycles. The molecule has 1 atom stereocenters. The number of H-pyrrole nitrogens is 1. The number of hydrogen-bond acceptors (Lipinski definition) is 8. The van der Waals surface area contributed by atoms with Crippen molar-refractivity contribution >= 4 is 46.3 Å². The monoisotopic (exact) mass is 685 g/mol. The summed E-state index contributed by atoms with van der Waals surface area (Å²) in [6.07, 6.45) is 0.776. The van der Waals surface area contributed by atoms with E-state index in [0.29, 0.717) is 69.1 Å². The number of rotatable bonds is 5. The van der Waals surface area contributed by atoms with Gasteiger partial charge in [-0.1, -0.05) is 24.6 Å². The predicted molar refractivity (Wildman–Crippen MR) is 169 cm³/mol. The number of amides is 2. The molecule has 2 amide bonds. The van der Waals surface area contributed by atoms with Crippen molar-refractivity contribution in [1.29, 1.82) is 0 Å². The second-order valence-corrected chi connectivity index (χ2v) is 12.9. The van der Waals surface area contributed by atoms with Crippen LogP contribution in [-0.2, 0) is 27.7 Å². The molecule has 1 aromatic carbocycles. The van der Waals surface area contributed by atoms with Gasteiger partial charge >= 0.3 is 6.18 Å². The van der Waals surface area contributed by atoms with Gasteiger partial charge in [-0.25, -0.2) is 0 Å². The third-order valence-corrected chi connectivity index (χ3v) is 9.82. The van der Waals surface area contributed by atoms with Crippen LogP contribution in [0.5, 0.6) is 0 Å². The molecule has 7 rings (SSSR count). The number of aromatic amines is 1. The maximum absolute atomic E-state index is 14.4. The molecule has 2 aliphatic heterocycles. The van der Waals surface area contributed by atoms with Gasteiger partial charge in [-0.05, 0) is 55.4 Å². The number of hydrogen-bond donors (Lipinski definition) is 3. The smallest absolute Gasteiger partial charge is 0.383 e. The molecule has 4 aromatic rings. The number of halogens is 4. The first-order valence-electron chi connectivity index (χ1n) is 15.4. The Morgan fingerprint density at radius 1 is 1.25 bits per heavy atom. The van der Waals surface area contributed by atoms with Crippen LogP contribution in [0.3, 0.4) is 0 Å². The molecule has 1 saturated heterocycles. The Bertz CT molecular complexity index is 2040. The highest BCUT2D eigenvalue weighted by molar-refractivity contribution is 6.33. The van der Waals surface area contributed by atoms with E-state index in [4.69, 9.17) is 27.1 Å². The first-order chi connectivity index (χ1) is 22.9. The van der Waals surface area contributed by atoms with Crippen molar-refractivity contribution in [3.63, 3.8) is 0 Å². The molecule has 0 bridgehead atoms. The quantitative estimate of drug-likeness (QED) is 0.284. The topological polar surface area (TPSA) is 166 Å². The average molecular weight is 686 g/mol. The zero-order valence-electron chi connectivity index (χ0n) is 25.7. The molecular weight excluding hydrogens is 655 g/mol. The van der Waals surface area contributed by atoms with Gasteiger partial charge in [0.05, 0.1) is 35.7 Å². The predicted octanol–water partition coefficient (Wildman–Crippen LogP) is 3.99. The number of fused-ring (bicyclic) bond motifs is 3. The van der Waals surface area contributed by atoms with Crippen molar-refractivity contribution in [3.05, 3.63) is 74.1 Å². The molecule has 1 unspecified atom stereocenters. The second kappa shape index (κ2) is 11.8. The number of benzene rings is 1. The van der Waals surface area contributed by atoms with Crippen LogP contribution in [0.1, 0.15) is 71.5 Å². The number of nitrogen functional groups attached to an aromatic ring is 1. The maximum Gasteiger partial charge on any atom is 0.416 e. The molecule has 1 spiro atoms. The summed E-state index contributed by atoms with van der Waals surface area (Å²) in [4.78, 5) is 47.5. The number of nitrogens with one attached hydrogen (secondary N) is 2. The maximum atomic E-state index is 14.4. The van der Waals surface area contributed by atoms with E-state index in [-0.39, 0.29) is 51.8 Å². The summed E-state index contributed by atoms with van der Waals surface area (Å²) in [5.74, 6) is -0.303. The Morgan fingerprint density at radius 3 is 2.67 bits per heavy atom.